The van der Waals surface area contributed by atoms with Gasteiger partial charge >= 0.3 is 0 Å². The van der Waals surface area contributed by atoms with Crippen LogP contribution in [0.2, 0.25) is 0 Å². The Kier molecular flexibility index (Phi) is 6.36. The van der Waals surface area contributed by atoms with Gasteiger partial charge in [0, 0.05) is 28.0 Å². The fourth-order valence-corrected chi connectivity index (χ4v) is 5.42. The van der Waals surface area contributed by atoms with E-state index in [4.69, 9.17) is 0 Å². The van der Waals surface area contributed by atoms with E-state index in [1.165, 1.54) is 40.6 Å². The SMILES string of the molecule is C[C@@H]([NH2+]C[C@@H](c1cccs1)c1c[nH]c2ccccc12)C(=O)N[C@@H]1CCCC[C@@H]1C. The van der Waals surface area contributed by atoms with Crippen LogP contribution in [0.15, 0.2) is 48.0 Å². The van der Waals surface area contributed by atoms with Gasteiger partial charge in [0.25, 0.3) is 5.91 Å². The van der Waals surface area contributed by atoms with E-state index in [0.717, 1.165) is 13.0 Å². The molecule has 1 aromatic carbocycles. The van der Waals surface area contributed by atoms with Crippen molar-refractivity contribution in [1.82, 2.24) is 10.3 Å². The average Bonchev–Trinajstić information content (AvgIpc) is 3.40. The highest BCUT2D eigenvalue weighted by Crippen LogP contribution is 2.32. The number of nitrogens with two attached hydrogens (primary N) is 1. The van der Waals surface area contributed by atoms with Gasteiger partial charge in [0.2, 0.25) is 0 Å². The molecule has 1 aliphatic rings. The number of thiophene rings is 1. The molecule has 1 fully saturated rings. The van der Waals surface area contributed by atoms with Gasteiger partial charge in [0.15, 0.2) is 6.04 Å². The number of nitrogens with one attached hydrogen (secondary N) is 2. The number of aromatic nitrogens is 1. The molecule has 4 N–H and O–H groups in total. The zero-order valence-corrected chi connectivity index (χ0v) is 18.2. The van der Waals surface area contributed by atoms with Crippen molar-refractivity contribution in [1.29, 1.82) is 0 Å². The Morgan fingerprint density at radius 1 is 1.24 bits per heavy atom. The standard InChI is InChI=1S/C24H31N3OS/c1-16-8-3-5-10-21(16)27-24(28)17(2)25-15-20(23-12-7-13-29-23)19-14-26-22-11-6-4-9-18(19)22/h4,6-7,9,11-14,16-17,20-21,25-26H,3,5,8,10,15H2,1-2H3,(H,27,28)/p+1/t16-,17+,20+,21+/m0/s1. The van der Waals surface area contributed by atoms with Crippen molar-refractivity contribution < 1.29 is 10.1 Å². The topological polar surface area (TPSA) is 61.5 Å². The zero-order valence-electron chi connectivity index (χ0n) is 17.4. The maximum atomic E-state index is 12.8. The number of rotatable bonds is 7. The maximum Gasteiger partial charge on any atom is 0.278 e. The monoisotopic (exact) mass is 410 g/mol. The highest BCUT2D eigenvalue weighted by molar-refractivity contribution is 7.10. The molecule has 0 saturated heterocycles. The van der Waals surface area contributed by atoms with Crippen LogP contribution in [0.25, 0.3) is 10.9 Å². The van der Waals surface area contributed by atoms with Crippen LogP contribution in [0.1, 0.15) is 55.9 Å². The number of amides is 1. The first-order valence-corrected chi connectivity index (χ1v) is 11.7. The molecule has 0 aliphatic heterocycles. The van der Waals surface area contributed by atoms with Crippen molar-refractivity contribution in [2.24, 2.45) is 5.92 Å². The Balaban J connectivity index is 1.45. The number of benzene rings is 1. The minimum absolute atomic E-state index is 0.0863. The Morgan fingerprint density at radius 3 is 2.86 bits per heavy atom. The van der Waals surface area contributed by atoms with Crippen molar-refractivity contribution in [3.05, 3.63) is 58.4 Å². The second kappa shape index (κ2) is 9.14. The molecule has 3 aromatic rings. The van der Waals surface area contributed by atoms with E-state index in [2.05, 4.69) is 70.5 Å². The van der Waals surface area contributed by atoms with Gasteiger partial charge in [-0.05, 0) is 48.8 Å². The lowest BCUT2D eigenvalue weighted by atomic mass is 9.86. The van der Waals surface area contributed by atoms with Crippen LogP contribution >= 0.6 is 11.3 Å². The van der Waals surface area contributed by atoms with Gasteiger partial charge < -0.3 is 15.6 Å². The maximum absolute atomic E-state index is 12.8. The van der Waals surface area contributed by atoms with Crippen molar-refractivity contribution in [3.63, 3.8) is 0 Å². The highest BCUT2D eigenvalue weighted by atomic mass is 32.1. The molecule has 29 heavy (non-hydrogen) atoms. The lowest BCUT2D eigenvalue weighted by molar-refractivity contribution is -0.674. The summed E-state index contributed by atoms with van der Waals surface area (Å²) in [6, 6.07) is 13.0. The normalized spacial score (nSPS) is 21.7. The molecule has 0 spiro atoms. The molecule has 1 saturated carbocycles. The predicted octanol–water partition coefficient (Wildman–Crippen LogP) is 4.01. The number of quaternary nitrogens is 1. The Bertz CT molecular complexity index is 933. The van der Waals surface area contributed by atoms with E-state index >= 15 is 0 Å². The van der Waals surface area contributed by atoms with Crippen LogP contribution in [0.4, 0.5) is 0 Å². The zero-order chi connectivity index (χ0) is 20.2. The molecular weight excluding hydrogens is 378 g/mol. The summed E-state index contributed by atoms with van der Waals surface area (Å²) in [5, 5.41) is 8.93. The minimum Gasteiger partial charge on any atom is -0.361 e. The Hall–Kier alpha value is -2.11. The van der Waals surface area contributed by atoms with E-state index < -0.39 is 0 Å². The van der Waals surface area contributed by atoms with E-state index in [1.54, 1.807) is 11.3 Å². The van der Waals surface area contributed by atoms with Crippen LogP contribution in [0.3, 0.4) is 0 Å². The molecule has 4 rings (SSSR count). The first-order valence-electron chi connectivity index (χ1n) is 10.9. The smallest absolute Gasteiger partial charge is 0.278 e. The Labute approximate surface area is 177 Å². The predicted molar refractivity (Wildman–Crippen MR) is 120 cm³/mol. The third-order valence-electron chi connectivity index (χ3n) is 6.46. The molecule has 2 aromatic heterocycles. The summed E-state index contributed by atoms with van der Waals surface area (Å²) in [7, 11) is 0. The molecule has 4 atom stereocenters. The second-order valence-corrected chi connectivity index (χ2v) is 9.47. The van der Waals surface area contributed by atoms with Gasteiger partial charge in [0.05, 0.1) is 12.5 Å². The number of hydrogen-bond acceptors (Lipinski definition) is 2. The minimum atomic E-state index is -0.0863. The molecule has 0 radical (unpaired) electrons. The summed E-state index contributed by atoms with van der Waals surface area (Å²) in [5.74, 6) is 1.03. The molecule has 0 unspecified atom stereocenters. The van der Waals surface area contributed by atoms with Crippen molar-refractivity contribution in [2.45, 2.75) is 57.5 Å². The van der Waals surface area contributed by atoms with Crippen LogP contribution in [-0.2, 0) is 4.79 Å². The lowest BCUT2D eigenvalue weighted by Gasteiger charge is -2.30. The van der Waals surface area contributed by atoms with E-state index in [9.17, 15) is 4.79 Å². The summed E-state index contributed by atoms with van der Waals surface area (Å²) in [6.45, 7) is 5.16. The number of H-pyrrole nitrogens is 1. The van der Waals surface area contributed by atoms with Crippen LogP contribution in [0, 0.1) is 5.92 Å². The first kappa shape index (κ1) is 20.2. The summed E-state index contributed by atoms with van der Waals surface area (Å²) in [6.07, 6.45) is 7.00. The van der Waals surface area contributed by atoms with Crippen LogP contribution < -0.4 is 10.6 Å². The molecule has 4 nitrogen and oxygen atoms in total. The quantitative estimate of drug-likeness (QED) is 0.541. The lowest BCUT2D eigenvalue weighted by Crippen LogP contribution is -2.92. The van der Waals surface area contributed by atoms with Crippen molar-refractivity contribution in [3.8, 4) is 0 Å². The van der Waals surface area contributed by atoms with Crippen LogP contribution in [-0.4, -0.2) is 29.5 Å². The van der Waals surface area contributed by atoms with Gasteiger partial charge in [-0.3, -0.25) is 4.79 Å². The number of fused-ring (bicyclic) bond motifs is 1. The summed E-state index contributed by atoms with van der Waals surface area (Å²) in [5.41, 5.74) is 2.48. The fourth-order valence-electron chi connectivity index (χ4n) is 4.56. The van der Waals surface area contributed by atoms with Crippen molar-refractivity contribution in [2.75, 3.05) is 6.54 Å². The third-order valence-corrected chi connectivity index (χ3v) is 7.45. The second-order valence-electron chi connectivity index (χ2n) is 8.49. The number of para-hydroxylation sites is 1. The molecular formula is C24H32N3OS+. The van der Waals surface area contributed by atoms with Crippen molar-refractivity contribution >= 4 is 28.1 Å². The molecule has 5 heteroatoms. The average molecular weight is 411 g/mol. The fraction of sp³-hybridized carbons (Fsp3) is 0.458. The highest BCUT2D eigenvalue weighted by Gasteiger charge is 2.28. The van der Waals surface area contributed by atoms with Gasteiger partial charge in [-0.2, -0.15) is 0 Å². The molecule has 0 bridgehead atoms. The molecule has 1 aliphatic carbocycles. The first-order chi connectivity index (χ1) is 14.1. The number of aromatic amines is 1. The van der Waals surface area contributed by atoms with E-state index in [0.29, 0.717) is 12.0 Å². The largest absolute Gasteiger partial charge is 0.361 e. The molecule has 2 heterocycles. The van der Waals surface area contributed by atoms with E-state index in [-0.39, 0.29) is 17.9 Å². The Morgan fingerprint density at radius 2 is 2.07 bits per heavy atom. The van der Waals surface area contributed by atoms with E-state index in [1.807, 2.05) is 6.92 Å². The number of carbonyl (C=O) groups is 1. The summed E-state index contributed by atoms with van der Waals surface area (Å²) >= 11 is 1.79. The third kappa shape index (κ3) is 4.57. The number of carbonyl (C=O) groups excluding carboxylic acids is 1. The number of hydrogen-bond donors (Lipinski definition) is 3. The van der Waals surface area contributed by atoms with Gasteiger partial charge in [-0.25, -0.2) is 0 Å². The van der Waals surface area contributed by atoms with Crippen LogP contribution in [0.5, 0.6) is 0 Å². The molecule has 1 amide bonds. The van der Waals surface area contributed by atoms with Gasteiger partial charge in [-0.1, -0.05) is 44.0 Å². The van der Waals surface area contributed by atoms with Gasteiger partial charge in [0.1, 0.15) is 0 Å². The molecule has 154 valence electrons. The van der Waals surface area contributed by atoms with Gasteiger partial charge in [-0.15, -0.1) is 11.3 Å². The summed E-state index contributed by atoms with van der Waals surface area (Å²) in [4.78, 5) is 17.6. The summed E-state index contributed by atoms with van der Waals surface area (Å²) < 4.78 is 0.